The molecular formula is C14H16N2O2S2. The monoisotopic (exact) mass is 308 g/mol. The zero-order valence-corrected chi connectivity index (χ0v) is 12.9. The number of hydrogen-bond donors (Lipinski definition) is 1. The van der Waals surface area contributed by atoms with Gasteiger partial charge in [0.2, 0.25) is 10.0 Å². The average molecular weight is 308 g/mol. The third-order valence-corrected chi connectivity index (χ3v) is 5.71. The van der Waals surface area contributed by atoms with Gasteiger partial charge < -0.3 is 0 Å². The molecule has 0 saturated carbocycles. The first-order valence-electron chi connectivity index (χ1n) is 6.57. The van der Waals surface area contributed by atoms with Gasteiger partial charge in [0.1, 0.15) is 0 Å². The number of rotatable bonds is 4. The molecule has 0 unspecified atom stereocenters. The first-order chi connectivity index (χ1) is 9.54. The van der Waals surface area contributed by atoms with Crippen LogP contribution in [0.25, 0.3) is 0 Å². The van der Waals surface area contributed by atoms with E-state index in [1.54, 1.807) is 12.1 Å². The maximum Gasteiger partial charge on any atom is 0.240 e. The van der Waals surface area contributed by atoms with Gasteiger partial charge in [-0.15, -0.1) is 11.3 Å². The summed E-state index contributed by atoms with van der Waals surface area (Å²) in [5.74, 6) is 0. The summed E-state index contributed by atoms with van der Waals surface area (Å²) < 4.78 is 27.2. The van der Waals surface area contributed by atoms with Crippen LogP contribution >= 0.6 is 11.3 Å². The number of hydrogen-bond acceptors (Lipinski definition) is 4. The molecule has 0 fully saturated rings. The summed E-state index contributed by atoms with van der Waals surface area (Å²) in [5.41, 5.74) is 3.20. The summed E-state index contributed by atoms with van der Waals surface area (Å²) in [5, 5.41) is 2.82. The molecular weight excluding hydrogens is 292 g/mol. The highest BCUT2D eigenvalue weighted by molar-refractivity contribution is 7.89. The standard InChI is InChI=1S/C14H16N2O2S2/c1-10-16-13(9-19-10)8-15-20(17,18)14-6-5-11-3-2-4-12(11)7-14/h5-7,9,15H,2-4,8H2,1H3. The third-order valence-electron chi connectivity index (χ3n) is 3.49. The summed E-state index contributed by atoms with van der Waals surface area (Å²) in [6.07, 6.45) is 3.15. The van der Waals surface area contributed by atoms with Crippen LogP contribution in [0.3, 0.4) is 0 Å². The van der Waals surface area contributed by atoms with Gasteiger partial charge in [-0.05, 0) is 49.4 Å². The molecule has 0 saturated heterocycles. The Labute approximate surface area is 122 Å². The van der Waals surface area contributed by atoms with Gasteiger partial charge in [-0.3, -0.25) is 0 Å². The van der Waals surface area contributed by atoms with E-state index in [0.29, 0.717) is 4.90 Å². The number of sulfonamides is 1. The minimum atomic E-state index is -3.46. The molecule has 4 nitrogen and oxygen atoms in total. The number of aromatic nitrogens is 1. The van der Waals surface area contributed by atoms with Crippen molar-refractivity contribution in [2.24, 2.45) is 0 Å². The molecule has 1 aliphatic rings. The predicted octanol–water partition coefficient (Wildman–Crippen LogP) is 2.42. The number of fused-ring (bicyclic) bond motifs is 1. The summed E-state index contributed by atoms with van der Waals surface area (Å²) in [6.45, 7) is 2.15. The molecule has 0 aliphatic heterocycles. The SMILES string of the molecule is Cc1nc(CNS(=O)(=O)c2ccc3c(c2)CCC3)cs1. The first kappa shape index (κ1) is 13.7. The van der Waals surface area contributed by atoms with Gasteiger partial charge in [0, 0.05) is 5.38 Å². The van der Waals surface area contributed by atoms with Gasteiger partial charge in [0.25, 0.3) is 0 Å². The number of benzene rings is 1. The maximum absolute atomic E-state index is 12.3. The lowest BCUT2D eigenvalue weighted by Crippen LogP contribution is -2.23. The zero-order chi connectivity index (χ0) is 14.2. The van der Waals surface area contributed by atoms with Crippen molar-refractivity contribution >= 4 is 21.4 Å². The van der Waals surface area contributed by atoms with Gasteiger partial charge >= 0.3 is 0 Å². The minimum Gasteiger partial charge on any atom is -0.245 e. The highest BCUT2D eigenvalue weighted by Gasteiger charge is 2.18. The lowest BCUT2D eigenvalue weighted by Gasteiger charge is -2.07. The third kappa shape index (κ3) is 2.77. The van der Waals surface area contributed by atoms with Crippen molar-refractivity contribution < 1.29 is 8.42 Å². The Balaban J connectivity index is 1.78. The molecule has 0 amide bonds. The molecule has 2 aromatic rings. The highest BCUT2D eigenvalue weighted by atomic mass is 32.2. The topological polar surface area (TPSA) is 59.1 Å². The van der Waals surface area contributed by atoms with Gasteiger partial charge in [0.05, 0.1) is 22.1 Å². The van der Waals surface area contributed by atoms with Crippen molar-refractivity contribution in [3.8, 4) is 0 Å². The second-order valence-electron chi connectivity index (χ2n) is 4.97. The van der Waals surface area contributed by atoms with Crippen LogP contribution in [-0.2, 0) is 29.4 Å². The molecule has 106 valence electrons. The molecule has 20 heavy (non-hydrogen) atoms. The number of nitrogens with zero attached hydrogens (tertiary/aromatic N) is 1. The quantitative estimate of drug-likeness (QED) is 0.943. The Morgan fingerprint density at radius 1 is 1.30 bits per heavy atom. The fraction of sp³-hybridized carbons (Fsp3) is 0.357. The smallest absolute Gasteiger partial charge is 0.240 e. The summed E-state index contributed by atoms with van der Waals surface area (Å²) in [6, 6.07) is 5.43. The Morgan fingerprint density at radius 3 is 2.85 bits per heavy atom. The van der Waals surface area contributed by atoms with Crippen molar-refractivity contribution in [2.45, 2.75) is 37.6 Å². The molecule has 1 aromatic heterocycles. The molecule has 1 aliphatic carbocycles. The van der Waals surface area contributed by atoms with Gasteiger partial charge in [0.15, 0.2) is 0 Å². The van der Waals surface area contributed by atoms with E-state index in [-0.39, 0.29) is 6.54 Å². The number of aryl methyl sites for hydroxylation is 3. The molecule has 1 N–H and O–H groups in total. The van der Waals surface area contributed by atoms with E-state index < -0.39 is 10.0 Å². The van der Waals surface area contributed by atoms with Gasteiger partial charge in [-0.2, -0.15) is 0 Å². The van der Waals surface area contributed by atoms with Crippen LogP contribution in [0.5, 0.6) is 0 Å². The Morgan fingerprint density at radius 2 is 2.10 bits per heavy atom. The van der Waals surface area contributed by atoms with Crippen LogP contribution in [0.2, 0.25) is 0 Å². The summed E-state index contributed by atoms with van der Waals surface area (Å²) in [7, 11) is -3.46. The van der Waals surface area contributed by atoms with E-state index >= 15 is 0 Å². The van der Waals surface area contributed by atoms with Crippen LogP contribution < -0.4 is 4.72 Å². The van der Waals surface area contributed by atoms with Crippen molar-refractivity contribution in [1.82, 2.24) is 9.71 Å². The van der Waals surface area contributed by atoms with Crippen LogP contribution in [-0.4, -0.2) is 13.4 Å². The maximum atomic E-state index is 12.3. The Bertz CT molecular complexity index is 735. The first-order valence-corrected chi connectivity index (χ1v) is 8.93. The molecule has 0 atom stereocenters. The van der Waals surface area contributed by atoms with Crippen molar-refractivity contribution in [3.05, 3.63) is 45.4 Å². The molecule has 6 heteroatoms. The molecule has 0 radical (unpaired) electrons. The van der Waals surface area contributed by atoms with Gasteiger partial charge in [-0.25, -0.2) is 18.1 Å². The summed E-state index contributed by atoms with van der Waals surface area (Å²) in [4.78, 5) is 4.61. The molecule has 1 heterocycles. The highest BCUT2D eigenvalue weighted by Crippen LogP contribution is 2.24. The van der Waals surface area contributed by atoms with Gasteiger partial charge in [-0.1, -0.05) is 6.07 Å². The van der Waals surface area contributed by atoms with Crippen LogP contribution in [0.15, 0.2) is 28.5 Å². The normalized spacial score (nSPS) is 14.4. The van der Waals surface area contributed by atoms with Crippen LogP contribution in [0.4, 0.5) is 0 Å². The van der Waals surface area contributed by atoms with Crippen LogP contribution in [0, 0.1) is 6.92 Å². The fourth-order valence-electron chi connectivity index (χ4n) is 2.46. The second kappa shape index (κ2) is 5.27. The lowest BCUT2D eigenvalue weighted by molar-refractivity contribution is 0.580. The zero-order valence-electron chi connectivity index (χ0n) is 11.2. The largest absolute Gasteiger partial charge is 0.245 e. The molecule has 0 bridgehead atoms. The van der Waals surface area contributed by atoms with E-state index in [1.807, 2.05) is 18.4 Å². The Hall–Kier alpha value is -1.24. The van der Waals surface area contributed by atoms with Crippen LogP contribution in [0.1, 0.15) is 28.2 Å². The summed E-state index contributed by atoms with van der Waals surface area (Å²) >= 11 is 1.52. The lowest BCUT2D eigenvalue weighted by atomic mass is 10.1. The van der Waals surface area contributed by atoms with Crippen molar-refractivity contribution in [3.63, 3.8) is 0 Å². The van der Waals surface area contributed by atoms with E-state index in [2.05, 4.69) is 9.71 Å². The average Bonchev–Trinajstić information content (AvgIpc) is 3.04. The molecule has 1 aromatic carbocycles. The minimum absolute atomic E-state index is 0.240. The molecule has 3 rings (SSSR count). The number of thiazole rings is 1. The molecule has 0 spiro atoms. The predicted molar refractivity (Wildman–Crippen MR) is 79.3 cm³/mol. The van der Waals surface area contributed by atoms with Crippen molar-refractivity contribution in [1.29, 1.82) is 0 Å². The van der Waals surface area contributed by atoms with E-state index in [9.17, 15) is 8.42 Å². The van der Waals surface area contributed by atoms with Crippen molar-refractivity contribution in [2.75, 3.05) is 0 Å². The van der Waals surface area contributed by atoms with E-state index in [4.69, 9.17) is 0 Å². The number of nitrogens with one attached hydrogen (secondary N) is 1. The second-order valence-corrected chi connectivity index (χ2v) is 7.80. The Kier molecular flexibility index (Phi) is 3.62. The van der Waals surface area contributed by atoms with E-state index in [0.717, 1.165) is 35.5 Å². The van der Waals surface area contributed by atoms with E-state index in [1.165, 1.54) is 16.9 Å². The fourth-order valence-corrected chi connectivity index (χ4v) is 4.12.